The number of hydrogen-bond acceptors (Lipinski definition) is 0. The van der Waals surface area contributed by atoms with Gasteiger partial charge in [0.2, 0.25) is 0 Å². The average Bonchev–Trinajstić information content (AvgIpc) is 2.54. The lowest BCUT2D eigenvalue weighted by atomic mass is 9.86. The molecule has 3 aromatic rings. The van der Waals surface area contributed by atoms with Crippen molar-refractivity contribution in [1.29, 1.82) is 0 Å². The largest absolute Gasteiger partial charge is 0.326 e. The molecule has 3 aromatic carbocycles. The molecule has 0 radical (unpaired) electrons. The van der Waals surface area contributed by atoms with Crippen molar-refractivity contribution in [2.75, 3.05) is 0 Å². The van der Waals surface area contributed by atoms with E-state index in [0.717, 1.165) is 0 Å². The van der Waals surface area contributed by atoms with Crippen LogP contribution in [0.3, 0.4) is 0 Å². The SMILES string of the molecule is Cl[SiH](Cl)Cl.F.c1ccc2c(c1)ccc1c3c(ccc12)CCCC3. The monoisotopic (exact) mass is 386 g/mol. The molecule has 5 heteroatoms. The summed E-state index contributed by atoms with van der Waals surface area (Å²) in [6, 6.07) is 18.0. The van der Waals surface area contributed by atoms with Gasteiger partial charge in [0.15, 0.2) is 0 Å². The Morgan fingerprint density at radius 3 is 2.13 bits per heavy atom. The summed E-state index contributed by atoms with van der Waals surface area (Å²) in [5.41, 5.74) is 3.17. The number of halogens is 4. The molecule has 0 aromatic heterocycles. The van der Waals surface area contributed by atoms with Gasteiger partial charge in [-0.3, -0.25) is 4.70 Å². The molecular weight excluding hydrogens is 370 g/mol. The molecule has 0 amide bonds. The summed E-state index contributed by atoms with van der Waals surface area (Å²) in [7, 11) is 0. The lowest BCUT2D eigenvalue weighted by Crippen LogP contribution is -2.02. The number of fused-ring (bicyclic) bond motifs is 5. The Morgan fingerprint density at radius 2 is 1.35 bits per heavy atom. The molecule has 0 atom stereocenters. The van der Waals surface area contributed by atoms with Crippen LogP contribution in [0.1, 0.15) is 24.0 Å². The zero-order valence-electron chi connectivity index (χ0n) is 12.6. The van der Waals surface area contributed by atoms with E-state index in [0.29, 0.717) is 0 Å². The van der Waals surface area contributed by atoms with Gasteiger partial charge >= 0.3 is 6.73 Å². The van der Waals surface area contributed by atoms with Gasteiger partial charge in [-0.1, -0.05) is 48.5 Å². The van der Waals surface area contributed by atoms with Crippen LogP contribution in [0.15, 0.2) is 48.5 Å². The van der Waals surface area contributed by atoms with E-state index >= 15 is 0 Å². The summed E-state index contributed by atoms with van der Waals surface area (Å²) in [4.78, 5) is 0. The van der Waals surface area contributed by atoms with E-state index in [1.807, 2.05) is 0 Å². The van der Waals surface area contributed by atoms with Crippen LogP contribution < -0.4 is 0 Å². The molecule has 0 aliphatic heterocycles. The van der Waals surface area contributed by atoms with Crippen LogP contribution in [0, 0.1) is 0 Å². The molecule has 0 unspecified atom stereocenters. The molecule has 4 rings (SSSR count). The topological polar surface area (TPSA) is 0 Å². The van der Waals surface area contributed by atoms with Gasteiger partial charge in [0.05, 0.1) is 0 Å². The maximum absolute atomic E-state index is 4.94. The van der Waals surface area contributed by atoms with E-state index in [4.69, 9.17) is 33.2 Å². The van der Waals surface area contributed by atoms with E-state index in [1.165, 1.54) is 47.2 Å². The third-order valence-corrected chi connectivity index (χ3v) is 4.26. The first kappa shape index (κ1) is 18.5. The van der Waals surface area contributed by atoms with E-state index in [9.17, 15) is 0 Å². The summed E-state index contributed by atoms with van der Waals surface area (Å²) in [5.74, 6) is 0. The first-order valence-corrected chi connectivity index (χ1v) is 12.7. The van der Waals surface area contributed by atoms with Crippen molar-refractivity contribution in [3.8, 4) is 0 Å². The van der Waals surface area contributed by atoms with Gasteiger partial charge in [-0.15, -0.1) is 33.2 Å². The highest BCUT2D eigenvalue weighted by atomic mass is 35.8. The maximum atomic E-state index is 4.94. The molecule has 0 saturated heterocycles. The summed E-state index contributed by atoms with van der Waals surface area (Å²) >= 11 is 14.8. The molecular formula is C18H18Cl3FSi. The van der Waals surface area contributed by atoms with Crippen LogP contribution in [0.25, 0.3) is 21.5 Å². The van der Waals surface area contributed by atoms with Crippen molar-refractivity contribution in [1.82, 2.24) is 0 Å². The molecule has 0 saturated carbocycles. The third kappa shape index (κ3) is 4.19. The molecule has 0 fully saturated rings. The van der Waals surface area contributed by atoms with Crippen LogP contribution in [0.2, 0.25) is 0 Å². The van der Waals surface area contributed by atoms with Gasteiger partial charge in [0, 0.05) is 0 Å². The van der Waals surface area contributed by atoms with Crippen LogP contribution in [-0.4, -0.2) is 6.73 Å². The van der Waals surface area contributed by atoms with E-state index in [-0.39, 0.29) is 4.70 Å². The fraction of sp³-hybridized carbons (Fsp3) is 0.222. The van der Waals surface area contributed by atoms with Gasteiger partial charge in [-0.2, -0.15) is 0 Å². The molecule has 122 valence electrons. The summed E-state index contributed by atoms with van der Waals surface area (Å²) < 4.78 is 0. The van der Waals surface area contributed by atoms with Crippen molar-refractivity contribution in [2.45, 2.75) is 25.7 Å². The molecule has 0 heterocycles. The van der Waals surface area contributed by atoms with Crippen molar-refractivity contribution < 1.29 is 4.70 Å². The van der Waals surface area contributed by atoms with Gasteiger partial charge in [0.25, 0.3) is 0 Å². The molecule has 1 aliphatic rings. The van der Waals surface area contributed by atoms with Crippen molar-refractivity contribution in [3.05, 3.63) is 59.7 Å². The predicted molar refractivity (Wildman–Crippen MR) is 105 cm³/mol. The van der Waals surface area contributed by atoms with Crippen LogP contribution >= 0.6 is 33.2 Å². The highest BCUT2D eigenvalue weighted by molar-refractivity contribution is 7.54. The Hall–Kier alpha value is -0.803. The Labute approximate surface area is 151 Å². The average molecular weight is 388 g/mol. The van der Waals surface area contributed by atoms with E-state index in [1.54, 1.807) is 11.1 Å². The van der Waals surface area contributed by atoms with E-state index < -0.39 is 6.73 Å². The van der Waals surface area contributed by atoms with Gasteiger partial charge in [-0.05, 0) is 58.4 Å². The molecule has 0 nitrogen and oxygen atoms in total. The lowest BCUT2D eigenvalue weighted by Gasteiger charge is -2.18. The third-order valence-electron chi connectivity index (χ3n) is 4.26. The minimum atomic E-state index is -1.72. The van der Waals surface area contributed by atoms with Gasteiger partial charge < -0.3 is 0 Å². The molecule has 1 aliphatic carbocycles. The van der Waals surface area contributed by atoms with Crippen LogP contribution in [0.4, 0.5) is 4.70 Å². The first-order valence-electron chi connectivity index (χ1n) is 7.51. The minimum Gasteiger partial charge on any atom is -0.269 e. The standard InChI is InChI=1S/C18H16.Cl3HSi.FH/c1-3-7-15-13(5-1)9-11-18-16-8-4-2-6-14(16)10-12-17(15)18;1-4(2)3;/h1,3,5,7,9-12H,2,4,6,8H2;4H;1H. The normalized spacial score (nSPS) is 13.2. The number of hydrogen-bond donors (Lipinski definition) is 0. The fourth-order valence-electron chi connectivity index (χ4n) is 3.34. The zero-order chi connectivity index (χ0) is 15.5. The Morgan fingerprint density at radius 1 is 0.696 bits per heavy atom. The lowest BCUT2D eigenvalue weighted by molar-refractivity contribution is 0.690. The number of aryl methyl sites for hydroxylation is 2. The van der Waals surface area contributed by atoms with Crippen molar-refractivity contribution in [2.24, 2.45) is 0 Å². The zero-order valence-corrected chi connectivity index (χ0v) is 16.0. The van der Waals surface area contributed by atoms with Crippen LogP contribution in [-0.2, 0) is 12.8 Å². The molecule has 0 bridgehead atoms. The molecule has 0 spiro atoms. The summed E-state index contributed by atoms with van der Waals surface area (Å²) in [6.45, 7) is -1.72. The van der Waals surface area contributed by atoms with Crippen molar-refractivity contribution >= 4 is 61.5 Å². The number of benzene rings is 3. The summed E-state index contributed by atoms with van der Waals surface area (Å²) in [6.07, 6.45) is 5.22. The maximum Gasteiger partial charge on any atom is 0.326 e. The second kappa shape index (κ2) is 8.34. The first-order chi connectivity index (χ1) is 10.7. The fourth-order valence-corrected chi connectivity index (χ4v) is 3.34. The minimum absolute atomic E-state index is 0. The molecule has 0 N–H and O–H groups in total. The smallest absolute Gasteiger partial charge is 0.269 e. The quantitative estimate of drug-likeness (QED) is 0.236. The van der Waals surface area contributed by atoms with Crippen molar-refractivity contribution in [3.63, 3.8) is 0 Å². The number of rotatable bonds is 0. The Kier molecular flexibility index (Phi) is 6.72. The van der Waals surface area contributed by atoms with Gasteiger partial charge in [-0.25, -0.2) is 0 Å². The second-order valence-electron chi connectivity index (χ2n) is 5.54. The van der Waals surface area contributed by atoms with Crippen LogP contribution in [0.5, 0.6) is 0 Å². The van der Waals surface area contributed by atoms with Gasteiger partial charge in [0.1, 0.15) is 0 Å². The second-order valence-corrected chi connectivity index (χ2v) is 12.0. The highest BCUT2D eigenvalue weighted by Gasteiger charge is 2.13. The summed E-state index contributed by atoms with van der Waals surface area (Å²) in [5, 5.41) is 5.64. The Balaban J connectivity index is 0.000000349. The molecule has 23 heavy (non-hydrogen) atoms. The highest BCUT2D eigenvalue weighted by Crippen LogP contribution is 2.33. The predicted octanol–water partition coefficient (Wildman–Crippen LogP) is 6.44. The van der Waals surface area contributed by atoms with E-state index in [2.05, 4.69) is 48.5 Å². The Bertz CT molecular complexity index is 802.